The summed E-state index contributed by atoms with van der Waals surface area (Å²) in [5.41, 5.74) is 0.232. The van der Waals surface area contributed by atoms with Crippen molar-refractivity contribution in [1.29, 1.82) is 0 Å². The van der Waals surface area contributed by atoms with Gasteiger partial charge in [0.25, 0.3) is 5.91 Å². The number of hydrogen-bond donors (Lipinski definition) is 1. The Hall–Kier alpha value is -1.34. The van der Waals surface area contributed by atoms with Crippen molar-refractivity contribution in [3.05, 3.63) is 33.2 Å². The zero-order chi connectivity index (χ0) is 16.7. The van der Waals surface area contributed by atoms with Crippen LogP contribution in [0.5, 0.6) is 0 Å². The molecule has 0 bridgehead atoms. The molecule has 4 rings (SSSR count). The van der Waals surface area contributed by atoms with Crippen molar-refractivity contribution in [2.45, 2.75) is 44.7 Å². The molecule has 24 heavy (non-hydrogen) atoms. The van der Waals surface area contributed by atoms with Gasteiger partial charge < -0.3 is 0 Å². The van der Waals surface area contributed by atoms with Crippen molar-refractivity contribution >= 4 is 44.5 Å². The molecule has 3 aliphatic rings. The van der Waals surface area contributed by atoms with Crippen LogP contribution in [0.3, 0.4) is 0 Å². The van der Waals surface area contributed by atoms with Gasteiger partial charge in [0.2, 0.25) is 0 Å². The van der Waals surface area contributed by atoms with E-state index < -0.39 is 5.66 Å². The summed E-state index contributed by atoms with van der Waals surface area (Å²) in [7, 11) is 0. The van der Waals surface area contributed by atoms with Crippen molar-refractivity contribution in [2.24, 2.45) is 10.1 Å². The predicted octanol–water partition coefficient (Wildman–Crippen LogP) is 2.31. The molecule has 2 heterocycles. The van der Waals surface area contributed by atoms with E-state index in [1.165, 1.54) is 0 Å². The second-order valence-corrected chi connectivity index (χ2v) is 8.33. The molecule has 0 unspecified atom stereocenters. The molecule has 0 aromatic heterocycles. The molecule has 0 radical (unpaired) electrons. The molecule has 1 saturated carbocycles. The Morgan fingerprint density at radius 3 is 2.92 bits per heavy atom. The van der Waals surface area contributed by atoms with Crippen molar-refractivity contribution in [3.8, 4) is 0 Å². The van der Waals surface area contributed by atoms with Gasteiger partial charge in [0.15, 0.2) is 10.8 Å². The Bertz CT molecular complexity index is 845. The molecule has 0 atom stereocenters. The van der Waals surface area contributed by atoms with Crippen LogP contribution < -0.4 is 15.9 Å². The topological polar surface area (TPSA) is 57.1 Å². The van der Waals surface area contributed by atoms with E-state index in [-0.39, 0.29) is 5.91 Å². The van der Waals surface area contributed by atoms with Gasteiger partial charge in [-0.3, -0.25) is 15.1 Å². The minimum Gasteiger partial charge on any atom is -0.298 e. The molecule has 2 aliphatic heterocycles. The maximum absolute atomic E-state index is 12.9. The van der Waals surface area contributed by atoms with Gasteiger partial charge in [0, 0.05) is 15.4 Å². The number of carbonyl (C=O) groups excluding carboxylic acids is 1. The summed E-state index contributed by atoms with van der Waals surface area (Å²) in [6.45, 7) is 2.12. The van der Waals surface area contributed by atoms with Crippen LogP contribution in [-0.4, -0.2) is 27.5 Å². The third-order valence-corrected chi connectivity index (χ3v) is 6.18. The fourth-order valence-corrected chi connectivity index (χ4v) is 4.61. The molecule has 1 aliphatic carbocycles. The van der Waals surface area contributed by atoms with Crippen LogP contribution in [0.1, 0.15) is 39.0 Å². The fourth-order valence-electron chi connectivity index (χ4n) is 3.55. The van der Waals surface area contributed by atoms with E-state index in [0.717, 1.165) is 52.9 Å². The molecule has 5 nitrogen and oxygen atoms in total. The third kappa shape index (κ3) is 2.58. The quantitative estimate of drug-likeness (QED) is 0.819. The summed E-state index contributed by atoms with van der Waals surface area (Å²) in [4.78, 5) is 17.9. The van der Waals surface area contributed by atoms with Gasteiger partial charge >= 0.3 is 0 Å². The molecule has 1 fully saturated rings. The Kier molecular flexibility index (Phi) is 4.16. The molecular formula is C17H19BrN4OS. The third-order valence-electron chi connectivity index (χ3n) is 4.62. The number of nitrogens with zero attached hydrogens (tertiary/aromatic N) is 3. The fraction of sp³-hybridized carbons (Fsp3) is 0.471. The van der Waals surface area contributed by atoms with E-state index >= 15 is 0 Å². The Labute approximate surface area is 153 Å². The average Bonchev–Trinajstić information content (AvgIpc) is 3.03. The van der Waals surface area contributed by atoms with Gasteiger partial charge in [-0.1, -0.05) is 34.6 Å². The predicted molar refractivity (Wildman–Crippen MR) is 99.7 cm³/mol. The SMILES string of the molecule is CCCSC1=NN2C(=c3cc(Br)ccc3=NC23CCCC3)C(=O)N1. The average molecular weight is 407 g/mol. The van der Waals surface area contributed by atoms with Crippen LogP contribution in [0.25, 0.3) is 5.70 Å². The highest BCUT2D eigenvalue weighted by atomic mass is 79.9. The summed E-state index contributed by atoms with van der Waals surface area (Å²) in [5, 5.41) is 12.1. The second-order valence-electron chi connectivity index (χ2n) is 6.33. The van der Waals surface area contributed by atoms with Crippen molar-refractivity contribution in [3.63, 3.8) is 0 Å². The number of halogens is 1. The number of fused-ring (bicyclic) bond motifs is 3. The van der Waals surface area contributed by atoms with Crippen molar-refractivity contribution in [1.82, 2.24) is 10.3 Å². The minimum absolute atomic E-state index is 0.0795. The lowest BCUT2D eigenvalue weighted by molar-refractivity contribution is -0.116. The summed E-state index contributed by atoms with van der Waals surface area (Å²) in [6, 6.07) is 5.93. The molecule has 1 N–H and O–H groups in total. The van der Waals surface area contributed by atoms with Gasteiger partial charge in [-0.15, -0.1) is 5.10 Å². The number of thioether (sulfide) groups is 1. The number of rotatable bonds is 2. The van der Waals surface area contributed by atoms with Crippen LogP contribution >= 0.6 is 27.7 Å². The molecule has 1 aromatic carbocycles. The number of amidine groups is 1. The zero-order valence-electron chi connectivity index (χ0n) is 13.5. The highest BCUT2D eigenvalue weighted by Crippen LogP contribution is 2.40. The highest BCUT2D eigenvalue weighted by Gasteiger charge is 2.46. The van der Waals surface area contributed by atoms with Crippen LogP contribution in [0, 0.1) is 0 Å². The van der Waals surface area contributed by atoms with E-state index in [0.29, 0.717) is 10.9 Å². The Balaban J connectivity index is 1.93. The van der Waals surface area contributed by atoms with E-state index in [1.807, 2.05) is 23.2 Å². The number of carbonyl (C=O) groups is 1. The van der Waals surface area contributed by atoms with E-state index in [9.17, 15) is 4.79 Å². The van der Waals surface area contributed by atoms with Gasteiger partial charge in [-0.25, -0.2) is 5.01 Å². The first-order chi connectivity index (χ1) is 11.6. The van der Waals surface area contributed by atoms with E-state index in [2.05, 4.69) is 28.2 Å². The first-order valence-corrected chi connectivity index (χ1v) is 10.1. The lowest BCUT2D eigenvalue weighted by Crippen LogP contribution is -2.57. The lowest BCUT2D eigenvalue weighted by Gasteiger charge is -2.41. The number of hydrogen-bond acceptors (Lipinski definition) is 5. The summed E-state index contributed by atoms with van der Waals surface area (Å²) >= 11 is 5.10. The van der Waals surface area contributed by atoms with Gasteiger partial charge in [-0.05, 0) is 50.3 Å². The molecule has 1 aromatic rings. The summed E-state index contributed by atoms with van der Waals surface area (Å²) < 4.78 is 0.939. The smallest absolute Gasteiger partial charge is 0.276 e. The summed E-state index contributed by atoms with van der Waals surface area (Å²) in [6.07, 6.45) is 5.16. The number of nitrogens with one attached hydrogen (secondary N) is 1. The largest absolute Gasteiger partial charge is 0.298 e. The molecule has 7 heteroatoms. The maximum Gasteiger partial charge on any atom is 0.276 e. The van der Waals surface area contributed by atoms with Crippen LogP contribution in [0.2, 0.25) is 0 Å². The van der Waals surface area contributed by atoms with E-state index in [4.69, 9.17) is 10.1 Å². The van der Waals surface area contributed by atoms with Crippen molar-refractivity contribution in [2.75, 3.05) is 5.75 Å². The van der Waals surface area contributed by atoms with Crippen LogP contribution in [-0.2, 0) is 4.79 Å². The number of benzene rings is 1. The van der Waals surface area contributed by atoms with Gasteiger partial charge in [0.1, 0.15) is 5.70 Å². The Morgan fingerprint density at radius 2 is 2.17 bits per heavy atom. The zero-order valence-corrected chi connectivity index (χ0v) is 15.9. The van der Waals surface area contributed by atoms with Gasteiger partial charge in [0.05, 0.1) is 5.36 Å². The Morgan fingerprint density at radius 1 is 1.38 bits per heavy atom. The normalized spacial score (nSPS) is 21.1. The monoisotopic (exact) mass is 406 g/mol. The van der Waals surface area contributed by atoms with Crippen LogP contribution in [0.4, 0.5) is 0 Å². The standard InChI is InChI=1S/C17H19BrN4OS/c1-2-9-24-16-19-15(23)14-12-10-11(18)5-6-13(12)20-17(22(14)21-16)7-3-4-8-17/h5-6,10H,2-4,7-9H2,1H3,(H,19,21,23). The minimum atomic E-state index is -0.397. The first kappa shape index (κ1) is 16.1. The maximum atomic E-state index is 12.9. The second kappa shape index (κ2) is 6.19. The summed E-state index contributed by atoms with van der Waals surface area (Å²) in [5.74, 6) is 0.860. The number of amides is 1. The molecule has 0 saturated heterocycles. The molecule has 1 amide bonds. The van der Waals surface area contributed by atoms with Gasteiger partial charge in [-0.2, -0.15) is 0 Å². The molecular weight excluding hydrogens is 388 g/mol. The molecule has 126 valence electrons. The van der Waals surface area contributed by atoms with Crippen molar-refractivity contribution < 1.29 is 4.79 Å². The van der Waals surface area contributed by atoms with E-state index in [1.54, 1.807) is 11.8 Å². The lowest BCUT2D eigenvalue weighted by atomic mass is 10.0. The number of hydrazone groups is 1. The molecule has 1 spiro atoms. The van der Waals surface area contributed by atoms with Crippen LogP contribution in [0.15, 0.2) is 32.8 Å². The highest BCUT2D eigenvalue weighted by molar-refractivity contribution is 9.10. The first-order valence-electron chi connectivity index (χ1n) is 8.36.